The standard InChI is InChI=1S/C14H17N3O2S/c1-9(14-16-6-7-20-14)8-17-13(18)12-10(15)4-3-5-11(12)19-2/h3-7,9H,8,15H2,1-2H3,(H,17,18). The number of ether oxygens (including phenoxy) is 1. The summed E-state index contributed by atoms with van der Waals surface area (Å²) in [7, 11) is 1.52. The molecular weight excluding hydrogens is 274 g/mol. The van der Waals surface area contributed by atoms with Crippen molar-refractivity contribution in [3.63, 3.8) is 0 Å². The van der Waals surface area contributed by atoms with Gasteiger partial charge in [-0.2, -0.15) is 0 Å². The Hall–Kier alpha value is -2.08. The predicted molar refractivity (Wildman–Crippen MR) is 80.3 cm³/mol. The number of nitrogens with one attached hydrogen (secondary N) is 1. The van der Waals surface area contributed by atoms with Gasteiger partial charge in [0.05, 0.1) is 12.1 Å². The second-order valence-electron chi connectivity index (χ2n) is 4.41. The molecule has 0 spiro atoms. The summed E-state index contributed by atoms with van der Waals surface area (Å²) in [4.78, 5) is 16.5. The third-order valence-corrected chi connectivity index (χ3v) is 3.95. The minimum atomic E-state index is -0.233. The van der Waals surface area contributed by atoms with E-state index in [1.807, 2.05) is 12.3 Å². The average molecular weight is 291 g/mol. The van der Waals surface area contributed by atoms with Crippen LogP contribution in [0.25, 0.3) is 0 Å². The molecule has 0 radical (unpaired) electrons. The summed E-state index contributed by atoms with van der Waals surface area (Å²) in [6.07, 6.45) is 1.76. The molecule has 0 aliphatic heterocycles. The van der Waals surface area contributed by atoms with Crippen molar-refractivity contribution in [2.45, 2.75) is 12.8 Å². The maximum Gasteiger partial charge on any atom is 0.257 e. The van der Waals surface area contributed by atoms with Crippen LogP contribution < -0.4 is 15.8 Å². The lowest BCUT2D eigenvalue weighted by molar-refractivity contribution is 0.0949. The molecule has 1 heterocycles. The first kappa shape index (κ1) is 14.3. The van der Waals surface area contributed by atoms with Gasteiger partial charge in [0.15, 0.2) is 0 Å². The summed E-state index contributed by atoms with van der Waals surface area (Å²) in [5, 5.41) is 5.79. The Labute approximate surface area is 121 Å². The van der Waals surface area contributed by atoms with Crippen LogP contribution in [0, 0.1) is 0 Å². The van der Waals surface area contributed by atoms with Gasteiger partial charge in [-0.3, -0.25) is 4.79 Å². The zero-order valence-electron chi connectivity index (χ0n) is 11.4. The van der Waals surface area contributed by atoms with E-state index < -0.39 is 0 Å². The van der Waals surface area contributed by atoms with Gasteiger partial charge in [-0.1, -0.05) is 13.0 Å². The first-order valence-corrected chi connectivity index (χ1v) is 7.11. The van der Waals surface area contributed by atoms with Gasteiger partial charge in [0.25, 0.3) is 5.91 Å². The largest absolute Gasteiger partial charge is 0.496 e. The smallest absolute Gasteiger partial charge is 0.257 e. The summed E-state index contributed by atoms with van der Waals surface area (Å²) in [5.74, 6) is 0.405. The van der Waals surface area contributed by atoms with Crippen molar-refractivity contribution >= 4 is 22.9 Å². The Balaban J connectivity index is 2.06. The van der Waals surface area contributed by atoms with Crippen LogP contribution in [0.3, 0.4) is 0 Å². The van der Waals surface area contributed by atoms with E-state index in [0.717, 1.165) is 5.01 Å². The molecule has 20 heavy (non-hydrogen) atoms. The van der Waals surface area contributed by atoms with E-state index in [1.165, 1.54) is 7.11 Å². The second kappa shape index (κ2) is 6.38. The van der Waals surface area contributed by atoms with Crippen LogP contribution in [0.1, 0.15) is 28.2 Å². The van der Waals surface area contributed by atoms with E-state index in [9.17, 15) is 4.79 Å². The van der Waals surface area contributed by atoms with E-state index in [1.54, 1.807) is 35.7 Å². The van der Waals surface area contributed by atoms with Crippen molar-refractivity contribution < 1.29 is 9.53 Å². The number of thiazole rings is 1. The van der Waals surface area contributed by atoms with Gasteiger partial charge in [-0.25, -0.2) is 4.98 Å². The number of rotatable bonds is 5. The lowest BCUT2D eigenvalue weighted by Crippen LogP contribution is -2.28. The number of hydrogen-bond acceptors (Lipinski definition) is 5. The van der Waals surface area contributed by atoms with Gasteiger partial charge in [-0.15, -0.1) is 11.3 Å². The molecule has 1 aromatic heterocycles. The zero-order chi connectivity index (χ0) is 14.5. The maximum absolute atomic E-state index is 12.2. The predicted octanol–water partition coefficient (Wildman–Crippen LogP) is 2.27. The fourth-order valence-electron chi connectivity index (χ4n) is 1.86. The molecule has 1 aromatic carbocycles. The SMILES string of the molecule is COc1cccc(N)c1C(=O)NCC(C)c1nccs1. The molecule has 0 saturated heterocycles. The first-order chi connectivity index (χ1) is 9.63. The highest BCUT2D eigenvalue weighted by atomic mass is 32.1. The van der Waals surface area contributed by atoms with Crippen LogP contribution >= 0.6 is 11.3 Å². The summed E-state index contributed by atoms with van der Waals surface area (Å²) in [6.45, 7) is 2.52. The molecule has 5 nitrogen and oxygen atoms in total. The molecule has 0 saturated carbocycles. The molecule has 1 atom stereocenters. The molecule has 1 unspecified atom stereocenters. The van der Waals surface area contributed by atoms with E-state index in [4.69, 9.17) is 10.5 Å². The molecule has 0 aliphatic carbocycles. The van der Waals surface area contributed by atoms with Gasteiger partial charge >= 0.3 is 0 Å². The van der Waals surface area contributed by atoms with Crippen LogP contribution in [0.15, 0.2) is 29.8 Å². The maximum atomic E-state index is 12.2. The lowest BCUT2D eigenvalue weighted by atomic mass is 10.1. The van der Waals surface area contributed by atoms with E-state index in [0.29, 0.717) is 23.5 Å². The zero-order valence-corrected chi connectivity index (χ0v) is 12.2. The Morgan fingerprint density at radius 3 is 3.00 bits per heavy atom. The van der Waals surface area contributed by atoms with Crippen LogP contribution in [-0.2, 0) is 0 Å². The molecule has 6 heteroatoms. The highest BCUT2D eigenvalue weighted by Gasteiger charge is 2.17. The number of methoxy groups -OCH3 is 1. The van der Waals surface area contributed by atoms with Gasteiger partial charge in [0.2, 0.25) is 0 Å². The molecule has 1 amide bonds. The monoisotopic (exact) mass is 291 g/mol. The third kappa shape index (κ3) is 3.08. The average Bonchev–Trinajstić information content (AvgIpc) is 2.98. The highest BCUT2D eigenvalue weighted by Crippen LogP contribution is 2.24. The van der Waals surface area contributed by atoms with Crippen molar-refractivity contribution in [3.8, 4) is 5.75 Å². The molecule has 2 aromatic rings. The van der Waals surface area contributed by atoms with Crippen molar-refractivity contribution in [3.05, 3.63) is 40.3 Å². The van der Waals surface area contributed by atoms with Crippen molar-refractivity contribution in [1.29, 1.82) is 0 Å². The molecule has 0 fully saturated rings. The van der Waals surface area contributed by atoms with Crippen molar-refractivity contribution in [2.24, 2.45) is 0 Å². The Bertz CT molecular complexity index is 584. The molecular formula is C14H17N3O2S. The lowest BCUT2D eigenvalue weighted by Gasteiger charge is -2.13. The topological polar surface area (TPSA) is 77.2 Å². The molecule has 0 aliphatic rings. The first-order valence-electron chi connectivity index (χ1n) is 6.23. The van der Waals surface area contributed by atoms with E-state index in [-0.39, 0.29) is 11.8 Å². The Morgan fingerprint density at radius 2 is 2.35 bits per heavy atom. The normalized spacial score (nSPS) is 11.9. The highest BCUT2D eigenvalue weighted by molar-refractivity contribution is 7.09. The van der Waals surface area contributed by atoms with Gasteiger partial charge in [-0.05, 0) is 12.1 Å². The summed E-state index contributed by atoms with van der Waals surface area (Å²) < 4.78 is 5.18. The Kier molecular flexibility index (Phi) is 4.57. The number of nitrogens with two attached hydrogens (primary N) is 1. The van der Waals surface area contributed by atoms with Crippen LogP contribution in [0.2, 0.25) is 0 Å². The number of aromatic nitrogens is 1. The molecule has 2 rings (SSSR count). The number of nitrogen functional groups attached to an aromatic ring is 1. The number of benzene rings is 1. The summed E-state index contributed by atoms with van der Waals surface area (Å²) in [6, 6.07) is 5.15. The minimum Gasteiger partial charge on any atom is -0.496 e. The fraction of sp³-hybridized carbons (Fsp3) is 0.286. The van der Waals surface area contributed by atoms with Gasteiger partial charge < -0.3 is 15.8 Å². The molecule has 3 N–H and O–H groups in total. The van der Waals surface area contributed by atoms with Crippen LogP contribution in [0.5, 0.6) is 5.75 Å². The Morgan fingerprint density at radius 1 is 1.55 bits per heavy atom. The van der Waals surface area contributed by atoms with Gasteiger partial charge in [0.1, 0.15) is 11.3 Å². The summed E-state index contributed by atoms with van der Waals surface area (Å²) in [5.41, 5.74) is 6.63. The van der Waals surface area contributed by atoms with Crippen LogP contribution in [-0.4, -0.2) is 24.5 Å². The van der Waals surface area contributed by atoms with Crippen molar-refractivity contribution in [1.82, 2.24) is 10.3 Å². The summed E-state index contributed by atoms with van der Waals surface area (Å²) >= 11 is 1.58. The quantitative estimate of drug-likeness (QED) is 0.828. The van der Waals surface area contributed by atoms with E-state index >= 15 is 0 Å². The minimum absolute atomic E-state index is 0.162. The molecule has 106 valence electrons. The number of hydrogen-bond donors (Lipinski definition) is 2. The fourth-order valence-corrected chi connectivity index (χ4v) is 2.56. The number of carbonyl (C=O) groups is 1. The number of anilines is 1. The molecule has 0 bridgehead atoms. The number of amides is 1. The second-order valence-corrected chi connectivity index (χ2v) is 5.33. The van der Waals surface area contributed by atoms with E-state index in [2.05, 4.69) is 10.3 Å². The van der Waals surface area contributed by atoms with Crippen LogP contribution in [0.4, 0.5) is 5.69 Å². The number of carbonyl (C=O) groups excluding carboxylic acids is 1. The van der Waals surface area contributed by atoms with Crippen molar-refractivity contribution in [2.75, 3.05) is 19.4 Å². The number of nitrogens with zero attached hydrogens (tertiary/aromatic N) is 1. The third-order valence-electron chi connectivity index (χ3n) is 2.95. The van der Waals surface area contributed by atoms with Gasteiger partial charge in [0, 0.05) is 29.7 Å².